The summed E-state index contributed by atoms with van der Waals surface area (Å²) in [6, 6.07) is 14.1. The lowest BCUT2D eigenvalue weighted by atomic mass is 10.1. The third-order valence-corrected chi connectivity index (χ3v) is 3.43. The molecule has 0 bridgehead atoms. The second-order valence-electron chi connectivity index (χ2n) is 4.40. The molecule has 0 aromatic heterocycles. The van der Waals surface area contributed by atoms with Gasteiger partial charge in [-0.3, -0.25) is 0 Å². The first-order valence-corrected chi connectivity index (χ1v) is 6.39. The lowest BCUT2D eigenvalue weighted by Crippen LogP contribution is -2.28. The molecule has 1 aliphatic heterocycles. The second-order valence-corrected chi connectivity index (χ2v) is 4.84. The summed E-state index contributed by atoms with van der Waals surface area (Å²) in [6.45, 7) is 3.64. The van der Waals surface area contributed by atoms with Crippen molar-refractivity contribution in [3.63, 3.8) is 0 Å². The summed E-state index contributed by atoms with van der Waals surface area (Å²) in [5, 5.41) is 0.763. The van der Waals surface area contributed by atoms with Crippen molar-refractivity contribution in [2.24, 2.45) is 0 Å². The molecule has 0 amide bonds. The summed E-state index contributed by atoms with van der Waals surface area (Å²) in [6.07, 6.45) is 0. The predicted octanol–water partition coefficient (Wildman–Crippen LogP) is 4.18. The average molecular weight is 260 g/mol. The van der Waals surface area contributed by atoms with Crippen LogP contribution in [0.15, 0.2) is 42.5 Å². The number of nitrogens with zero attached hydrogens (tertiary/aromatic N) is 1. The number of benzene rings is 2. The molecule has 3 rings (SSSR count). The van der Waals surface area contributed by atoms with Gasteiger partial charge in [0.05, 0.1) is 12.2 Å². The van der Waals surface area contributed by atoms with E-state index in [1.807, 2.05) is 30.3 Å². The van der Waals surface area contributed by atoms with E-state index in [1.54, 1.807) is 0 Å². The van der Waals surface area contributed by atoms with Gasteiger partial charge in [-0.15, -0.1) is 0 Å². The molecular weight excluding hydrogens is 246 g/mol. The lowest BCUT2D eigenvalue weighted by Gasteiger charge is -2.32. The van der Waals surface area contributed by atoms with Crippen molar-refractivity contribution >= 4 is 23.0 Å². The maximum Gasteiger partial charge on any atom is 0.143 e. The smallest absolute Gasteiger partial charge is 0.143 e. The molecule has 0 saturated carbocycles. The Kier molecular flexibility index (Phi) is 2.88. The molecule has 0 radical (unpaired) electrons. The summed E-state index contributed by atoms with van der Waals surface area (Å²) in [5.74, 6) is 0.933. The molecule has 0 atom stereocenters. The maximum atomic E-state index is 6.11. The summed E-state index contributed by atoms with van der Waals surface area (Å²) in [7, 11) is 0. The van der Waals surface area contributed by atoms with Crippen LogP contribution in [0.5, 0.6) is 5.75 Å². The number of halogens is 1. The highest BCUT2D eigenvalue weighted by Gasteiger charge is 2.20. The first kappa shape index (κ1) is 11.4. The van der Waals surface area contributed by atoms with Crippen LogP contribution >= 0.6 is 11.6 Å². The number of anilines is 2. The Labute approximate surface area is 112 Å². The minimum absolute atomic E-state index is 0.697. The molecule has 0 spiro atoms. The van der Waals surface area contributed by atoms with Crippen LogP contribution in [0.25, 0.3) is 0 Å². The van der Waals surface area contributed by atoms with E-state index in [0.29, 0.717) is 6.61 Å². The third-order valence-electron chi connectivity index (χ3n) is 3.19. The van der Waals surface area contributed by atoms with Crippen molar-refractivity contribution in [1.82, 2.24) is 0 Å². The van der Waals surface area contributed by atoms with Gasteiger partial charge in [-0.05, 0) is 36.8 Å². The van der Waals surface area contributed by atoms with E-state index in [1.165, 1.54) is 5.56 Å². The van der Waals surface area contributed by atoms with Gasteiger partial charge in [-0.1, -0.05) is 29.8 Å². The molecule has 1 aliphatic rings. The van der Waals surface area contributed by atoms with Crippen molar-refractivity contribution in [3.05, 3.63) is 53.1 Å². The van der Waals surface area contributed by atoms with Crippen molar-refractivity contribution in [1.29, 1.82) is 0 Å². The standard InChI is InChI=1S/C15H14ClNO/c1-11-6-7-12(16)10-14(11)17-8-9-18-15-5-3-2-4-13(15)17/h2-7,10H,8-9H2,1H3. The molecule has 2 aromatic rings. The number of ether oxygens (including phenoxy) is 1. The quantitative estimate of drug-likeness (QED) is 0.762. The topological polar surface area (TPSA) is 12.5 Å². The van der Waals surface area contributed by atoms with Crippen molar-refractivity contribution in [3.8, 4) is 5.75 Å². The highest BCUT2D eigenvalue weighted by atomic mass is 35.5. The van der Waals surface area contributed by atoms with Gasteiger partial charge in [-0.25, -0.2) is 0 Å². The van der Waals surface area contributed by atoms with E-state index in [9.17, 15) is 0 Å². The number of para-hydroxylation sites is 2. The molecule has 3 heteroatoms. The van der Waals surface area contributed by atoms with Gasteiger partial charge in [0.1, 0.15) is 12.4 Å². The van der Waals surface area contributed by atoms with Gasteiger partial charge in [0.25, 0.3) is 0 Å². The molecule has 1 heterocycles. The number of hydrogen-bond acceptors (Lipinski definition) is 2. The second kappa shape index (κ2) is 4.54. The fourth-order valence-electron chi connectivity index (χ4n) is 2.29. The van der Waals surface area contributed by atoms with Gasteiger partial charge in [0.2, 0.25) is 0 Å². The van der Waals surface area contributed by atoms with Gasteiger partial charge >= 0.3 is 0 Å². The number of aryl methyl sites for hydroxylation is 1. The zero-order chi connectivity index (χ0) is 12.5. The molecule has 2 aromatic carbocycles. The molecule has 2 nitrogen and oxygen atoms in total. The Hall–Kier alpha value is -1.67. The average Bonchev–Trinajstić information content (AvgIpc) is 2.41. The highest BCUT2D eigenvalue weighted by molar-refractivity contribution is 6.30. The molecule has 0 fully saturated rings. The van der Waals surface area contributed by atoms with E-state index in [0.717, 1.165) is 28.7 Å². The fourth-order valence-corrected chi connectivity index (χ4v) is 2.46. The van der Waals surface area contributed by atoms with E-state index >= 15 is 0 Å². The molecule has 0 N–H and O–H groups in total. The van der Waals surface area contributed by atoms with Crippen LogP contribution in [0.1, 0.15) is 5.56 Å². The Morgan fingerprint density at radius 3 is 2.83 bits per heavy atom. The maximum absolute atomic E-state index is 6.11. The first-order chi connectivity index (χ1) is 8.75. The number of hydrogen-bond donors (Lipinski definition) is 0. The first-order valence-electron chi connectivity index (χ1n) is 6.01. The van der Waals surface area contributed by atoms with Gasteiger partial charge < -0.3 is 9.64 Å². The molecule has 92 valence electrons. The zero-order valence-corrected chi connectivity index (χ0v) is 10.9. The predicted molar refractivity (Wildman–Crippen MR) is 75.1 cm³/mol. The summed E-state index contributed by atoms with van der Waals surface area (Å²) >= 11 is 6.11. The Morgan fingerprint density at radius 1 is 1.11 bits per heavy atom. The SMILES string of the molecule is Cc1ccc(Cl)cc1N1CCOc2ccccc21. The Morgan fingerprint density at radius 2 is 1.94 bits per heavy atom. The lowest BCUT2D eigenvalue weighted by molar-refractivity contribution is 0.314. The fraction of sp³-hybridized carbons (Fsp3) is 0.200. The van der Waals surface area contributed by atoms with E-state index in [-0.39, 0.29) is 0 Å². The Bertz CT molecular complexity index is 582. The molecular formula is C15H14ClNO. The van der Waals surface area contributed by atoms with Crippen LogP contribution in [-0.4, -0.2) is 13.2 Å². The minimum atomic E-state index is 0.697. The van der Waals surface area contributed by atoms with Crippen LogP contribution in [-0.2, 0) is 0 Å². The van der Waals surface area contributed by atoms with Crippen LogP contribution in [0.4, 0.5) is 11.4 Å². The van der Waals surface area contributed by atoms with Crippen molar-refractivity contribution in [2.75, 3.05) is 18.1 Å². The van der Waals surface area contributed by atoms with Crippen LogP contribution in [0, 0.1) is 6.92 Å². The highest BCUT2D eigenvalue weighted by Crippen LogP contribution is 2.38. The zero-order valence-electron chi connectivity index (χ0n) is 10.2. The van der Waals surface area contributed by atoms with Crippen molar-refractivity contribution < 1.29 is 4.74 Å². The van der Waals surface area contributed by atoms with Crippen molar-refractivity contribution in [2.45, 2.75) is 6.92 Å². The van der Waals surface area contributed by atoms with E-state index in [4.69, 9.17) is 16.3 Å². The molecule has 0 aliphatic carbocycles. The van der Waals surface area contributed by atoms with Gasteiger partial charge in [0.15, 0.2) is 0 Å². The minimum Gasteiger partial charge on any atom is -0.490 e. The summed E-state index contributed by atoms with van der Waals surface area (Å²) in [5.41, 5.74) is 3.48. The normalized spacial score (nSPS) is 14.0. The number of rotatable bonds is 1. The van der Waals surface area contributed by atoms with Crippen LogP contribution in [0.2, 0.25) is 5.02 Å². The largest absolute Gasteiger partial charge is 0.490 e. The monoisotopic (exact) mass is 259 g/mol. The summed E-state index contributed by atoms with van der Waals surface area (Å²) in [4.78, 5) is 2.26. The molecule has 18 heavy (non-hydrogen) atoms. The number of fused-ring (bicyclic) bond motifs is 1. The van der Waals surface area contributed by atoms with E-state index in [2.05, 4.69) is 24.0 Å². The van der Waals surface area contributed by atoms with Gasteiger partial charge in [0, 0.05) is 10.7 Å². The molecule has 0 unspecified atom stereocenters. The van der Waals surface area contributed by atoms with Crippen LogP contribution < -0.4 is 9.64 Å². The Balaban J connectivity index is 2.11. The van der Waals surface area contributed by atoms with Gasteiger partial charge in [-0.2, -0.15) is 0 Å². The van der Waals surface area contributed by atoms with E-state index < -0.39 is 0 Å². The third kappa shape index (κ3) is 1.93. The summed E-state index contributed by atoms with van der Waals surface area (Å²) < 4.78 is 5.67. The molecule has 0 saturated heterocycles. The van der Waals surface area contributed by atoms with Crippen LogP contribution in [0.3, 0.4) is 0 Å².